The van der Waals surface area contributed by atoms with Gasteiger partial charge in [-0.3, -0.25) is 29.5 Å². The number of carboxylic acid groups (broad SMARTS) is 1. The van der Waals surface area contributed by atoms with E-state index in [9.17, 15) is 61.0 Å². The van der Waals surface area contributed by atoms with Crippen molar-refractivity contribution in [1.82, 2.24) is 39.6 Å². The number of rotatable bonds is 11. The molecule has 2 aliphatic heterocycles. The van der Waals surface area contributed by atoms with E-state index in [1.807, 2.05) is 10.4 Å². The number of likely N-dealkylation sites (tertiary alicyclic amines) is 1. The Morgan fingerprint density at radius 1 is 1.22 bits per heavy atom. The summed E-state index contributed by atoms with van der Waals surface area (Å²) < 4.78 is 53.9. The summed E-state index contributed by atoms with van der Waals surface area (Å²) in [5, 5.41) is 26.1. The van der Waals surface area contributed by atoms with Gasteiger partial charge < -0.3 is 31.1 Å². The minimum absolute atomic E-state index is 0.00770. The quantitative estimate of drug-likeness (QED) is 0.0747. The number of aromatic hydroxyl groups is 1. The fraction of sp³-hybridized carbons (Fsp3) is 0.348. The molecule has 7 amide bonds. The third-order valence-corrected chi connectivity index (χ3v) is 8.62. The predicted octanol–water partition coefficient (Wildman–Crippen LogP) is -2.00. The van der Waals surface area contributed by atoms with Crippen LogP contribution in [0, 0.1) is 0 Å². The SMILES string of the molecule is CC(C)(ON=C(C(=O)N[C@H]1CN(C(=O)NS(=O)(=O)N2CCN(NC(=O)c3[nH]cc(O)c(=O)c3C(F)F)C2=O)C1=O)c1csc(N)n1)C(=O)O. The predicted molar refractivity (Wildman–Crippen MR) is 157 cm³/mol. The second-order valence-corrected chi connectivity index (χ2v) is 12.8. The largest absolute Gasteiger partial charge is 0.503 e. The molecule has 2 aromatic heterocycles. The van der Waals surface area contributed by atoms with Crippen molar-refractivity contribution in [3.05, 3.63) is 38.8 Å². The van der Waals surface area contributed by atoms with Crippen LogP contribution in [0.4, 0.5) is 23.5 Å². The molecule has 0 saturated carbocycles. The van der Waals surface area contributed by atoms with Gasteiger partial charge in [-0.2, -0.15) is 8.42 Å². The number of hydrogen-bond donors (Lipinski definition) is 7. The number of hydrogen-bond acceptors (Lipinski definition) is 15. The first-order valence-corrected chi connectivity index (χ1v) is 15.6. The Balaban J connectivity index is 1.37. The van der Waals surface area contributed by atoms with E-state index >= 15 is 0 Å². The number of pyridine rings is 1. The Bertz CT molecular complexity index is 1950. The van der Waals surface area contributed by atoms with Crippen LogP contribution in [0.5, 0.6) is 5.75 Å². The molecule has 0 radical (unpaired) electrons. The van der Waals surface area contributed by atoms with Gasteiger partial charge in [0, 0.05) is 11.6 Å². The molecule has 22 nitrogen and oxygen atoms in total. The number of nitrogens with one attached hydrogen (secondary N) is 4. The van der Waals surface area contributed by atoms with Gasteiger partial charge in [0.15, 0.2) is 16.6 Å². The molecule has 0 bridgehead atoms. The Labute approximate surface area is 275 Å². The minimum atomic E-state index is -5.04. The standard InChI is InChI=1S/C23H24F2N10O12S2/c1-23(2,19(41)42)47-31-12(9-7-48-20(26)29-9)16(38)28-8-6-33(18(8)40)21(43)32-49(45,46)35-4-3-34(22(35)44)30-17(39)13-11(15(24)25)14(37)10(36)5-27-13/h5,7-8,15,36H,3-4,6H2,1-2H3,(H2,26,29)(H,27,37)(H,28,38)(H,30,39)(H,32,43)(H,41,42)/t8-/m0/s1. The zero-order valence-corrected chi connectivity index (χ0v) is 26.4. The lowest BCUT2D eigenvalue weighted by Crippen LogP contribution is -2.68. The maximum atomic E-state index is 13.4. The highest BCUT2D eigenvalue weighted by molar-refractivity contribution is 7.88. The molecule has 8 N–H and O–H groups in total. The van der Waals surface area contributed by atoms with Crippen molar-refractivity contribution in [3.63, 3.8) is 0 Å². The molecule has 4 heterocycles. The van der Waals surface area contributed by atoms with Crippen molar-refractivity contribution in [2.24, 2.45) is 5.16 Å². The number of halogens is 2. The van der Waals surface area contributed by atoms with E-state index in [4.69, 9.17) is 10.6 Å². The Morgan fingerprint density at radius 2 is 1.90 bits per heavy atom. The minimum Gasteiger partial charge on any atom is -0.503 e. The molecule has 0 unspecified atom stereocenters. The number of aromatic nitrogens is 2. The molecule has 0 spiro atoms. The molecule has 49 heavy (non-hydrogen) atoms. The molecule has 2 aromatic rings. The van der Waals surface area contributed by atoms with E-state index in [0.717, 1.165) is 25.2 Å². The topological polar surface area (TPSA) is 316 Å². The Kier molecular flexibility index (Phi) is 9.75. The smallest absolute Gasteiger partial charge is 0.353 e. The number of β-lactam (4-membered cyclic amide) rings is 1. The molecule has 4 rings (SSSR count). The number of carbonyl (C=O) groups excluding carboxylic acids is 5. The maximum absolute atomic E-state index is 13.4. The summed E-state index contributed by atoms with van der Waals surface area (Å²) in [5.41, 5.74) is 0.821. The molecular formula is C23H24F2N10O12S2. The monoisotopic (exact) mass is 734 g/mol. The number of hydrazine groups is 1. The summed E-state index contributed by atoms with van der Waals surface area (Å²) in [4.78, 5) is 97.8. The summed E-state index contributed by atoms with van der Waals surface area (Å²) >= 11 is 0.902. The summed E-state index contributed by atoms with van der Waals surface area (Å²) in [6, 6.07) is -4.41. The van der Waals surface area contributed by atoms with Crippen LogP contribution in [-0.2, 0) is 29.4 Å². The van der Waals surface area contributed by atoms with Crippen molar-refractivity contribution in [2.45, 2.75) is 31.9 Å². The number of thiazole rings is 1. The summed E-state index contributed by atoms with van der Waals surface area (Å²) in [6.45, 7) is 0.475. The second kappa shape index (κ2) is 13.3. The van der Waals surface area contributed by atoms with Crippen LogP contribution in [0.3, 0.4) is 0 Å². The van der Waals surface area contributed by atoms with Crippen LogP contribution in [0.2, 0.25) is 0 Å². The molecule has 26 heteroatoms. The second-order valence-electron chi connectivity index (χ2n) is 10.3. The number of alkyl halides is 2. The number of anilines is 1. The van der Waals surface area contributed by atoms with Gasteiger partial charge in [-0.25, -0.2) is 42.2 Å². The van der Waals surface area contributed by atoms with Crippen LogP contribution in [0.15, 0.2) is 21.5 Å². The van der Waals surface area contributed by atoms with Gasteiger partial charge in [0.2, 0.25) is 11.0 Å². The molecular weight excluding hydrogens is 710 g/mol. The van der Waals surface area contributed by atoms with Crippen molar-refractivity contribution in [1.29, 1.82) is 0 Å². The number of urea groups is 2. The number of aromatic amines is 1. The number of imide groups is 1. The van der Waals surface area contributed by atoms with Crippen molar-refractivity contribution in [3.8, 4) is 5.75 Å². The molecule has 264 valence electrons. The number of aliphatic carboxylic acids is 1. The zero-order valence-electron chi connectivity index (χ0n) is 24.8. The number of nitrogens with two attached hydrogens (primary N) is 1. The number of amides is 7. The maximum Gasteiger partial charge on any atom is 0.353 e. The molecule has 1 atom stereocenters. The normalized spacial score (nSPS) is 16.8. The molecule has 0 aliphatic carbocycles. The van der Waals surface area contributed by atoms with Crippen molar-refractivity contribution >= 4 is 68.1 Å². The van der Waals surface area contributed by atoms with E-state index < -0.39 is 112 Å². The van der Waals surface area contributed by atoms with Crippen molar-refractivity contribution < 1.29 is 61.0 Å². The van der Waals surface area contributed by atoms with Crippen molar-refractivity contribution in [2.75, 3.05) is 25.4 Å². The van der Waals surface area contributed by atoms with Gasteiger partial charge in [-0.1, -0.05) is 5.16 Å². The fourth-order valence-electron chi connectivity index (χ4n) is 3.92. The van der Waals surface area contributed by atoms with Crippen LogP contribution >= 0.6 is 11.3 Å². The van der Waals surface area contributed by atoms with Crippen LogP contribution < -0.4 is 26.6 Å². The van der Waals surface area contributed by atoms with Crippen LogP contribution in [-0.4, -0.2) is 116 Å². The first-order valence-electron chi connectivity index (χ1n) is 13.3. The van der Waals surface area contributed by atoms with E-state index in [2.05, 4.69) is 15.5 Å². The fourth-order valence-corrected chi connectivity index (χ4v) is 5.53. The van der Waals surface area contributed by atoms with Gasteiger partial charge in [-0.15, -0.1) is 11.3 Å². The van der Waals surface area contributed by atoms with Crippen LogP contribution in [0.25, 0.3) is 0 Å². The first kappa shape index (κ1) is 35.9. The number of H-pyrrole nitrogens is 1. The van der Waals surface area contributed by atoms with Gasteiger partial charge in [0.25, 0.3) is 24.1 Å². The highest BCUT2D eigenvalue weighted by Crippen LogP contribution is 2.21. The summed E-state index contributed by atoms with van der Waals surface area (Å²) in [5.74, 6) is -6.21. The van der Waals surface area contributed by atoms with E-state index in [-0.39, 0.29) is 15.1 Å². The third kappa shape index (κ3) is 7.32. The number of nitrogens with zero attached hydrogens (tertiary/aromatic N) is 5. The average Bonchev–Trinajstić information content (AvgIpc) is 3.60. The zero-order chi connectivity index (χ0) is 36.6. The number of carboxylic acids is 1. The highest BCUT2D eigenvalue weighted by atomic mass is 32.2. The van der Waals surface area contributed by atoms with E-state index in [1.165, 1.54) is 10.1 Å². The summed E-state index contributed by atoms with van der Waals surface area (Å²) in [7, 11) is -5.04. The molecule has 0 aromatic carbocycles. The lowest BCUT2D eigenvalue weighted by molar-refractivity contribution is -0.161. The van der Waals surface area contributed by atoms with Gasteiger partial charge in [0.1, 0.15) is 17.4 Å². The van der Waals surface area contributed by atoms with Gasteiger partial charge in [-0.05, 0) is 13.8 Å². The Morgan fingerprint density at radius 3 is 2.47 bits per heavy atom. The van der Waals surface area contributed by atoms with E-state index in [1.54, 1.807) is 0 Å². The number of nitrogen functional groups attached to an aromatic ring is 1. The lowest BCUT2D eigenvalue weighted by Gasteiger charge is -2.36. The Hall–Kier alpha value is -5.92. The van der Waals surface area contributed by atoms with Gasteiger partial charge >= 0.3 is 28.2 Å². The van der Waals surface area contributed by atoms with E-state index in [0.29, 0.717) is 16.1 Å². The summed E-state index contributed by atoms with van der Waals surface area (Å²) in [6.07, 6.45) is -2.97. The lowest BCUT2D eigenvalue weighted by atomic mass is 10.1. The highest BCUT2D eigenvalue weighted by Gasteiger charge is 2.46. The molecule has 2 aliphatic rings. The number of oxime groups is 1. The van der Waals surface area contributed by atoms with Crippen LogP contribution in [0.1, 0.15) is 42.0 Å². The molecule has 2 fully saturated rings. The first-order chi connectivity index (χ1) is 22.7. The molecule has 2 saturated heterocycles. The third-order valence-electron chi connectivity index (χ3n) is 6.60. The average molecular weight is 735 g/mol. The van der Waals surface area contributed by atoms with Gasteiger partial charge in [0.05, 0.1) is 25.2 Å². The number of carbonyl (C=O) groups is 6.